The minimum absolute atomic E-state index is 0.814. The molecule has 2 aliphatic heterocycles. The van der Waals surface area contributed by atoms with Crippen LogP contribution in [-0.2, 0) is 0 Å². The van der Waals surface area contributed by atoms with Crippen LogP contribution in [0.1, 0.15) is 45.4 Å². The lowest BCUT2D eigenvalue weighted by Crippen LogP contribution is -1.98. The molecule has 0 atom stereocenters. The minimum Gasteiger partial charge on any atom is -0.494 e. The van der Waals surface area contributed by atoms with Crippen LogP contribution in [0.3, 0.4) is 0 Å². The summed E-state index contributed by atoms with van der Waals surface area (Å²) in [5.74, 6) is 2.88. The number of ether oxygens (including phenoxy) is 2. The zero-order valence-corrected chi connectivity index (χ0v) is 13.3. The molecule has 0 unspecified atom stereocenters. The molecule has 0 saturated carbocycles. The van der Waals surface area contributed by atoms with E-state index in [0.29, 0.717) is 0 Å². The lowest BCUT2D eigenvalue weighted by molar-refractivity contribution is 0.304. The third-order valence-electron chi connectivity index (χ3n) is 4.11. The van der Waals surface area contributed by atoms with E-state index in [0.717, 1.165) is 35.8 Å². The Labute approximate surface area is 133 Å². The highest BCUT2D eigenvalue weighted by Gasteiger charge is 2.16. The number of hydrogen-bond donors (Lipinski definition) is 0. The van der Waals surface area contributed by atoms with Gasteiger partial charge in [-0.05, 0) is 36.2 Å². The monoisotopic (exact) mass is 296 g/mol. The van der Waals surface area contributed by atoms with Gasteiger partial charge >= 0.3 is 0 Å². The highest BCUT2D eigenvalue weighted by molar-refractivity contribution is 5.75. The molecule has 0 fully saturated rings. The zero-order chi connectivity index (χ0) is 15.2. The molecule has 0 amide bonds. The lowest BCUT2D eigenvalue weighted by atomic mass is 10.0. The second-order valence-electron chi connectivity index (χ2n) is 5.90. The van der Waals surface area contributed by atoms with E-state index in [1.165, 1.54) is 37.7 Å². The first kappa shape index (κ1) is 15.0. The van der Waals surface area contributed by atoms with E-state index < -0.39 is 0 Å². The minimum atomic E-state index is 0.814. The third kappa shape index (κ3) is 3.62. The largest absolute Gasteiger partial charge is 0.494 e. The molecule has 2 nitrogen and oxygen atoms in total. The van der Waals surface area contributed by atoms with Crippen LogP contribution in [0.25, 0.3) is 11.1 Å². The molecule has 0 saturated heterocycles. The van der Waals surface area contributed by atoms with E-state index >= 15 is 0 Å². The Morgan fingerprint density at radius 2 is 1.59 bits per heavy atom. The quantitative estimate of drug-likeness (QED) is 0.438. The van der Waals surface area contributed by atoms with Crippen molar-refractivity contribution in [2.45, 2.75) is 45.4 Å². The molecule has 2 heteroatoms. The molecule has 0 aliphatic carbocycles. The van der Waals surface area contributed by atoms with Gasteiger partial charge in [-0.2, -0.15) is 0 Å². The number of unbranched alkanes of at least 4 members (excludes halogenated alkanes) is 5. The Bertz CT molecular complexity index is 598. The van der Waals surface area contributed by atoms with E-state index in [1.54, 1.807) is 0 Å². The number of benzene rings is 2. The van der Waals surface area contributed by atoms with Crippen molar-refractivity contribution in [3.8, 4) is 28.4 Å². The average molecular weight is 296 g/mol. The molecule has 0 N–H and O–H groups in total. The van der Waals surface area contributed by atoms with Crippen molar-refractivity contribution in [1.82, 2.24) is 0 Å². The van der Waals surface area contributed by atoms with Gasteiger partial charge in [-0.25, -0.2) is 0 Å². The van der Waals surface area contributed by atoms with Crippen LogP contribution in [0.15, 0.2) is 42.5 Å². The summed E-state index contributed by atoms with van der Waals surface area (Å²) in [5.41, 5.74) is 2.32. The van der Waals surface area contributed by atoms with E-state index in [-0.39, 0.29) is 0 Å². The van der Waals surface area contributed by atoms with Crippen LogP contribution in [0.5, 0.6) is 17.2 Å². The maximum atomic E-state index is 5.81. The average Bonchev–Trinajstić information content (AvgIpc) is 2.54. The van der Waals surface area contributed by atoms with Gasteiger partial charge in [0.2, 0.25) is 0 Å². The van der Waals surface area contributed by atoms with Crippen LogP contribution in [0, 0.1) is 0 Å². The van der Waals surface area contributed by atoms with Crippen molar-refractivity contribution >= 4 is 0 Å². The van der Waals surface area contributed by atoms with Crippen molar-refractivity contribution in [3.05, 3.63) is 42.5 Å². The Kier molecular flexibility index (Phi) is 4.99. The Morgan fingerprint density at radius 1 is 0.864 bits per heavy atom. The Morgan fingerprint density at radius 3 is 2.27 bits per heavy atom. The Hall–Kier alpha value is -1.96. The fourth-order valence-electron chi connectivity index (χ4n) is 2.76. The molecule has 2 aromatic rings. The van der Waals surface area contributed by atoms with Crippen molar-refractivity contribution in [2.24, 2.45) is 0 Å². The van der Waals surface area contributed by atoms with Gasteiger partial charge in [0.05, 0.1) is 6.61 Å². The molecule has 22 heavy (non-hydrogen) atoms. The van der Waals surface area contributed by atoms with Gasteiger partial charge in [-0.1, -0.05) is 51.2 Å². The van der Waals surface area contributed by atoms with Crippen molar-refractivity contribution in [3.63, 3.8) is 0 Å². The second-order valence-corrected chi connectivity index (χ2v) is 5.90. The molecule has 0 radical (unpaired) electrons. The summed E-state index contributed by atoms with van der Waals surface area (Å²) in [6.45, 7) is 3.06. The summed E-state index contributed by atoms with van der Waals surface area (Å²) < 4.78 is 11.3. The van der Waals surface area contributed by atoms with E-state index in [9.17, 15) is 0 Å². The summed E-state index contributed by atoms with van der Waals surface area (Å²) >= 11 is 0. The van der Waals surface area contributed by atoms with Crippen molar-refractivity contribution in [1.29, 1.82) is 0 Å². The van der Waals surface area contributed by atoms with Crippen LogP contribution < -0.4 is 9.47 Å². The first-order chi connectivity index (χ1) is 10.9. The summed E-state index contributed by atoms with van der Waals surface area (Å²) in [6.07, 6.45) is 7.76. The zero-order valence-electron chi connectivity index (χ0n) is 13.3. The van der Waals surface area contributed by atoms with E-state index in [1.807, 2.05) is 18.2 Å². The molecule has 0 aromatic heterocycles. The SMILES string of the molecule is CCCCCCCCOc1ccc(-c2ccc3cc2O3)cc1. The molecule has 116 valence electrons. The third-order valence-corrected chi connectivity index (χ3v) is 4.11. The molecule has 2 aliphatic rings. The summed E-state index contributed by atoms with van der Waals surface area (Å²) in [7, 11) is 0. The van der Waals surface area contributed by atoms with Gasteiger partial charge in [0.1, 0.15) is 17.2 Å². The summed E-state index contributed by atoms with van der Waals surface area (Å²) in [6, 6.07) is 14.5. The molecule has 2 bridgehead atoms. The van der Waals surface area contributed by atoms with Crippen molar-refractivity contribution < 1.29 is 9.47 Å². The number of hydrogen-bond acceptors (Lipinski definition) is 2. The maximum Gasteiger partial charge on any atom is 0.138 e. The van der Waals surface area contributed by atoms with Gasteiger partial charge in [-0.3, -0.25) is 0 Å². The van der Waals surface area contributed by atoms with Crippen LogP contribution in [-0.4, -0.2) is 6.61 Å². The predicted octanol–water partition coefficient (Wildman–Crippen LogP) is 6.20. The highest BCUT2D eigenvalue weighted by atomic mass is 16.5. The Balaban J connectivity index is 1.43. The standard InChI is InChI=1S/C20H24O2/c1-2-3-4-5-6-7-14-21-17-10-8-16(9-11-17)19-13-12-18-15-20(19)22-18/h8-13,15H,2-7,14H2,1H3. The van der Waals surface area contributed by atoms with Gasteiger partial charge < -0.3 is 9.47 Å². The van der Waals surface area contributed by atoms with E-state index in [4.69, 9.17) is 9.47 Å². The molecule has 0 spiro atoms. The first-order valence-electron chi connectivity index (χ1n) is 8.42. The second kappa shape index (κ2) is 7.35. The highest BCUT2D eigenvalue weighted by Crippen LogP contribution is 2.43. The molecule has 4 rings (SSSR count). The molecular weight excluding hydrogens is 272 g/mol. The smallest absolute Gasteiger partial charge is 0.138 e. The summed E-state index contributed by atoms with van der Waals surface area (Å²) in [5, 5.41) is 0. The van der Waals surface area contributed by atoms with Crippen LogP contribution in [0.4, 0.5) is 0 Å². The number of rotatable bonds is 9. The molecular formula is C20H24O2. The fraction of sp³-hybridized carbons (Fsp3) is 0.400. The number of fused-ring (bicyclic) bond motifs is 2. The van der Waals surface area contributed by atoms with Gasteiger partial charge in [0, 0.05) is 11.6 Å². The topological polar surface area (TPSA) is 18.5 Å². The van der Waals surface area contributed by atoms with Crippen LogP contribution >= 0.6 is 0 Å². The molecule has 2 heterocycles. The fourth-order valence-corrected chi connectivity index (χ4v) is 2.76. The summed E-state index contributed by atoms with van der Waals surface area (Å²) in [4.78, 5) is 0. The first-order valence-corrected chi connectivity index (χ1v) is 8.42. The van der Waals surface area contributed by atoms with E-state index in [2.05, 4.69) is 31.2 Å². The van der Waals surface area contributed by atoms with Gasteiger partial charge in [-0.15, -0.1) is 0 Å². The van der Waals surface area contributed by atoms with Crippen LogP contribution in [0.2, 0.25) is 0 Å². The predicted molar refractivity (Wildman–Crippen MR) is 90.8 cm³/mol. The van der Waals surface area contributed by atoms with Gasteiger partial charge in [0.15, 0.2) is 0 Å². The molecule has 2 aromatic carbocycles. The normalized spacial score (nSPS) is 11.7. The lowest BCUT2D eigenvalue weighted by Gasteiger charge is -2.20. The van der Waals surface area contributed by atoms with Gasteiger partial charge in [0.25, 0.3) is 0 Å². The maximum absolute atomic E-state index is 5.81. The van der Waals surface area contributed by atoms with Crippen molar-refractivity contribution in [2.75, 3.05) is 6.61 Å².